The van der Waals surface area contributed by atoms with E-state index in [0.29, 0.717) is 11.3 Å². The summed E-state index contributed by atoms with van der Waals surface area (Å²) in [5.41, 5.74) is 1.15. The van der Waals surface area contributed by atoms with Crippen LogP contribution < -0.4 is 0 Å². The number of aliphatic hydroxyl groups is 1. The Morgan fingerprint density at radius 2 is 1.56 bits per heavy atom. The fraction of sp³-hybridized carbons (Fsp3) is 0.143. The maximum atomic E-state index is 11.5. The number of benzene rings is 2. The van der Waals surface area contributed by atoms with Crippen LogP contribution in [0.3, 0.4) is 0 Å². The maximum Gasteiger partial charge on any atom is 0.120 e. The van der Waals surface area contributed by atoms with Gasteiger partial charge in [-0.3, -0.25) is 4.99 Å². The number of hydrogen-bond donors (Lipinski definition) is 2. The smallest absolute Gasteiger partial charge is 0.120 e. The summed E-state index contributed by atoms with van der Waals surface area (Å²) in [6.45, 7) is 5.24. The first-order valence-corrected chi connectivity index (χ1v) is 7.99. The number of oxime groups is 1. The van der Waals surface area contributed by atoms with Gasteiger partial charge in [0.15, 0.2) is 0 Å². The zero-order valence-corrected chi connectivity index (χ0v) is 14.2. The third-order valence-electron chi connectivity index (χ3n) is 4.05. The van der Waals surface area contributed by atoms with Crippen LogP contribution in [0.25, 0.3) is 0 Å². The molecule has 2 rings (SSSR count). The molecule has 2 N–H and O–H groups in total. The third kappa shape index (κ3) is 4.31. The lowest BCUT2D eigenvalue weighted by Gasteiger charge is -2.30. The molecule has 25 heavy (non-hydrogen) atoms. The van der Waals surface area contributed by atoms with Crippen LogP contribution >= 0.6 is 0 Å². The molecule has 0 bridgehead atoms. The van der Waals surface area contributed by atoms with Gasteiger partial charge in [0.2, 0.25) is 0 Å². The van der Waals surface area contributed by atoms with E-state index in [1.165, 1.54) is 6.20 Å². The molecular weight excluding hydrogens is 312 g/mol. The summed E-state index contributed by atoms with van der Waals surface area (Å²) in [6, 6.07) is 18.7. The van der Waals surface area contributed by atoms with E-state index in [9.17, 15) is 10.3 Å². The monoisotopic (exact) mass is 334 g/mol. The van der Waals surface area contributed by atoms with Gasteiger partial charge >= 0.3 is 0 Å². The Balaban J connectivity index is 2.50. The predicted octanol–water partition coefficient (Wildman–Crippen LogP) is 4.30. The van der Waals surface area contributed by atoms with Crippen molar-refractivity contribution in [2.75, 3.05) is 0 Å². The van der Waals surface area contributed by atoms with Crippen molar-refractivity contribution in [2.45, 2.75) is 18.9 Å². The van der Waals surface area contributed by atoms with Crippen LogP contribution in [-0.4, -0.2) is 22.7 Å². The Morgan fingerprint density at radius 3 is 1.96 bits per heavy atom. The molecule has 0 unspecified atom stereocenters. The van der Waals surface area contributed by atoms with Crippen molar-refractivity contribution in [2.24, 2.45) is 10.1 Å². The van der Waals surface area contributed by atoms with E-state index in [-0.39, 0.29) is 6.42 Å². The molecule has 0 aromatic heterocycles. The minimum atomic E-state index is -1.33. The first kappa shape index (κ1) is 18.4. The molecule has 128 valence electrons. The highest BCUT2D eigenvalue weighted by atomic mass is 16.4. The van der Waals surface area contributed by atoms with E-state index in [1.807, 2.05) is 67.6 Å². The lowest BCUT2D eigenvalue weighted by Crippen LogP contribution is -2.31. The zero-order chi connectivity index (χ0) is 18.1. The van der Waals surface area contributed by atoms with E-state index in [0.717, 1.165) is 11.1 Å². The van der Waals surface area contributed by atoms with Crippen LogP contribution in [-0.2, 0) is 5.60 Å². The molecule has 0 saturated carbocycles. The number of rotatable bonds is 7. The molecule has 4 heteroatoms. The van der Waals surface area contributed by atoms with E-state index in [2.05, 4.69) is 16.9 Å². The Labute approximate surface area is 148 Å². The molecule has 4 nitrogen and oxygen atoms in total. The van der Waals surface area contributed by atoms with Crippen molar-refractivity contribution in [1.82, 2.24) is 0 Å². The summed E-state index contributed by atoms with van der Waals surface area (Å²) in [7, 11) is 0. The van der Waals surface area contributed by atoms with Crippen molar-refractivity contribution in [3.8, 4) is 0 Å². The van der Waals surface area contributed by atoms with Crippen molar-refractivity contribution in [1.29, 1.82) is 0 Å². The van der Waals surface area contributed by atoms with Gasteiger partial charge in [-0.15, -0.1) is 0 Å². The van der Waals surface area contributed by atoms with E-state index in [1.54, 1.807) is 12.2 Å². The number of allylic oxidation sites excluding steroid dienone is 3. The van der Waals surface area contributed by atoms with E-state index in [4.69, 9.17) is 0 Å². The van der Waals surface area contributed by atoms with Gasteiger partial charge in [-0.2, -0.15) is 0 Å². The summed E-state index contributed by atoms with van der Waals surface area (Å²) >= 11 is 0. The van der Waals surface area contributed by atoms with Gasteiger partial charge in [-0.1, -0.05) is 71.9 Å². The summed E-state index contributed by atoms with van der Waals surface area (Å²) in [5.74, 6) is 0. The first-order valence-electron chi connectivity index (χ1n) is 7.99. The molecule has 0 radical (unpaired) electrons. The van der Waals surface area contributed by atoms with Crippen molar-refractivity contribution >= 4 is 12.4 Å². The van der Waals surface area contributed by atoms with Gasteiger partial charge in [0.25, 0.3) is 0 Å². The van der Waals surface area contributed by atoms with Gasteiger partial charge in [-0.25, -0.2) is 0 Å². The second kappa shape index (κ2) is 8.76. The van der Waals surface area contributed by atoms with Crippen LogP contribution in [0.4, 0.5) is 0 Å². The average molecular weight is 334 g/mol. The summed E-state index contributed by atoms with van der Waals surface area (Å²) in [4.78, 5) is 3.68. The molecule has 0 aliphatic carbocycles. The minimum absolute atomic E-state index is 0.110. The van der Waals surface area contributed by atoms with E-state index < -0.39 is 5.60 Å². The van der Waals surface area contributed by atoms with Gasteiger partial charge in [0, 0.05) is 12.6 Å². The topological polar surface area (TPSA) is 65.2 Å². The third-order valence-corrected chi connectivity index (χ3v) is 4.05. The van der Waals surface area contributed by atoms with Crippen LogP contribution in [0.2, 0.25) is 0 Å². The molecule has 2 aromatic carbocycles. The highest BCUT2D eigenvalue weighted by Gasteiger charge is 2.33. The van der Waals surface area contributed by atoms with Gasteiger partial charge in [0.1, 0.15) is 5.60 Å². The first-order chi connectivity index (χ1) is 12.2. The molecule has 0 heterocycles. The molecule has 0 spiro atoms. The average Bonchev–Trinajstić information content (AvgIpc) is 2.68. The summed E-state index contributed by atoms with van der Waals surface area (Å²) < 4.78 is 0. The largest absolute Gasteiger partial charge is 0.411 e. The zero-order valence-electron chi connectivity index (χ0n) is 14.2. The Kier molecular flexibility index (Phi) is 6.43. The Hall–Kier alpha value is -2.98. The van der Waals surface area contributed by atoms with Crippen molar-refractivity contribution < 1.29 is 10.3 Å². The molecule has 2 aromatic rings. The Morgan fingerprint density at radius 1 is 1.04 bits per heavy atom. The predicted molar refractivity (Wildman–Crippen MR) is 102 cm³/mol. The molecular formula is C21H22N2O2. The van der Waals surface area contributed by atoms with Crippen LogP contribution in [0.15, 0.2) is 94.7 Å². The van der Waals surface area contributed by atoms with Gasteiger partial charge in [-0.05, 0) is 36.4 Å². The molecule has 0 amide bonds. The number of nitrogens with zero attached hydrogens (tertiary/aromatic N) is 2. The van der Waals surface area contributed by atoms with Crippen LogP contribution in [0, 0.1) is 0 Å². The minimum Gasteiger partial charge on any atom is -0.411 e. The van der Waals surface area contributed by atoms with Crippen LogP contribution in [0.1, 0.15) is 24.5 Å². The SMILES string of the molecule is C=N\C=C/C(=C\C)C(/CC(O)(c1ccccc1)c1ccccc1)=N/O. The summed E-state index contributed by atoms with van der Waals surface area (Å²) in [5, 5.41) is 24.5. The highest BCUT2D eigenvalue weighted by Crippen LogP contribution is 2.34. The Bertz CT molecular complexity index is 739. The fourth-order valence-corrected chi connectivity index (χ4v) is 2.73. The highest BCUT2D eigenvalue weighted by molar-refractivity contribution is 6.03. The summed E-state index contributed by atoms with van der Waals surface area (Å²) in [6.07, 6.45) is 5.12. The lowest BCUT2D eigenvalue weighted by atomic mass is 9.81. The molecule has 0 saturated heterocycles. The standard InChI is InChI=1S/C21H22N2O2/c1-3-17(14-15-22-2)20(23-25)16-21(24,18-10-6-4-7-11-18)19-12-8-5-9-13-19/h3-15,24-25H,2,16H2,1H3/b15-14-,17-3+,23-20+. The van der Waals surface area contributed by atoms with Gasteiger partial charge < -0.3 is 10.3 Å². The number of hydrogen-bond acceptors (Lipinski definition) is 4. The van der Waals surface area contributed by atoms with Crippen LogP contribution in [0.5, 0.6) is 0 Å². The second-order valence-corrected chi connectivity index (χ2v) is 5.56. The number of aliphatic imine (C=N–C) groups is 1. The molecule has 0 aliphatic rings. The quantitative estimate of drug-likeness (QED) is 0.343. The van der Waals surface area contributed by atoms with Crippen molar-refractivity contribution in [3.05, 3.63) is 95.7 Å². The molecule has 0 aliphatic heterocycles. The van der Waals surface area contributed by atoms with E-state index >= 15 is 0 Å². The fourth-order valence-electron chi connectivity index (χ4n) is 2.73. The van der Waals surface area contributed by atoms with Gasteiger partial charge in [0.05, 0.1) is 5.71 Å². The normalized spacial score (nSPS) is 13.2. The second-order valence-electron chi connectivity index (χ2n) is 5.56. The molecule has 0 atom stereocenters. The molecule has 0 fully saturated rings. The lowest BCUT2D eigenvalue weighted by molar-refractivity contribution is 0.0881. The maximum absolute atomic E-state index is 11.5. The van der Waals surface area contributed by atoms with Crippen molar-refractivity contribution in [3.63, 3.8) is 0 Å².